The summed E-state index contributed by atoms with van der Waals surface area (Å²) in [7, 11) is 1.80. The molecule has 0 bridgehead atoms. The van der Waals surface area contributed by atoms with Gasteiger partial charge in [0.1, 0.15) is 0 Å². The second-order valence-corrected chi connectivity index (χ2v) is 6.71. The molecule has 1 aliphatic heterocycles. The van der Waals surface area contributed by atoms with Crippen LogP contribution in [0.15, 0.2) is 16.8 Å². The van der Waals surface area contributed by atoms with Crippen LogP contribution in [0.1, 0.15) is 24.8 Å². The number of piperidine rings is 1. The van der Waals surface area contributed by atoms with Crippen molar-refractivity contribution in [3.63, 3.8) is 0 Å². The Morgan fingerprint density at radius 1 is 1.45 bits per heavy atom. The molecule has 2 fully saturated rings. The Balaban J connectivity index is 0.00000147. The van der Waals surface area contributed by atoms with E-state index in [2.05, 4.69) is 27.0 Å². The van der Waals surface area contributed by atoms with Crippen LogP contribution in [0, 0.1) is 5.41 Å². The van der Waals surface area contributed by atoms with Crippen molar-refractivity contribution in [1.82, 2.24) is 10.2 Å². The van der Waals surface area contributed by atoms with E-state index in [1.165, 1.54) is 37.9 Å². The molecule has 2 aliphatic rings. The zero-order chi connectivity index (χ0) is 13.1. The molecule has 5 heteroatoms. The molecule has 1 N–H and O–H groups in total. The van der Waals surface area contributed by atoms with Gasteiger partial charge < -0.3 is 10.1 Å². The smallest absolute Gasteiger partial charge is 0.0589 e. The number of nitrogens with one attached hydrogen (secondary N) is 1. The lowest BCUT2D eigenvalue weighted by Crippen LogP contribution is -2.37. The average molecular weight is 317 g/mol. The average Bonchev–Trinajstić information content (AvgIpc) is 2.89. The molecule has 0 amide bonds. The molecule has 1 unspecified atom stereocenters. The highest BCUT2D eigenvalue weighted by Gasteiger charge is 2.56. The quantitative estimate of drug-likeness (QED) is 0.873. The van der Waals surface area contributed by atoms with Crippen molar-refractivity contribution in [3.05, 3.63) is 22.4 Å². The van der Waals surface area contributed by atoms with E-state index >= 15 is 0 Å². The van der Waals surface area contributed by atoms with Crippen molar-refractivity contribution in [2.24, 2.45) is 5.41 Å². The third-order valence-corrected chi connectivity index (χ3v) is 5.47. The van der Waals surface area contributed by atoms with Gasteiger partial charge in [-0.05, 0) is 60.2 Å². The molecule has 1 saturated carbocycles. The molecule has 1 spiro atoms. The van der Waals surface area contributed by atoms with Crippen LogP contribution in [0.5, 0.6) is 0 Å². The topological polar surface area (TPSA) is 24.5 Å². The lowest BCUT2D eigenvalue weighted by Gasteiger charge is -2.29. The molecule has 1 aromatic rings. The highest BCUT2D eigenvalue weighted by molar-refractivity contribution is 7.07. The predicted octanol–water partition coefficient (Wildman–Crippen LogP) is 2.76. The summed E-state index contributed by atoms with van der Waals surface area (Å²) in [6.45, 7) is 5.40. The molecule has 1 atom stereocenters. The zero-order valence-electron chi connectivity index (χ0n) is 12.1. The highest BCUT2D eigenvalue weighted by Crippen LogP contribution is 2.55. The van der Waals surface area contributed by atoms with Gasteiger partial charge in [-0.3, -0.25) is 4.90 Å². The van der Waals surface area contributed by atoms with Crippen LogP contribution in [0.3, 0.4) is 0 Å². The summed E-state index contributed by atoms with van der Waals surface area (Å²) in [6.07, 6.45) is 4.10. The molecular weight excluding hydrogens is 292 g/mol. The maximum atomic E-state index is 5.29. The fraction of sp³-hybridized carbons (Fsp3) is 0.733. The molecule has 0 radical (unpaired) electrons. The van der Waals surface area contributed by atoms with Gasteiger partial charge in [-0.1, -0.05) is 0 Å². The van der Waals surface area contributed by atoms with Crippen molar-refractivity contribution < 1.29 is 4.74 Å². The van der Waals surface area contributed by atoms with Crippen LogP contribution in [0.4, 0.5) is 0 Å². The first-order valence-electron chi connectivity index (χ1n) is 7.29. The monoisotopic (exact) mass is 316 g/mol. The van der Waals surface area contributed by atoms with Crippen LogP contribution in [0.25, 0.3) is 0 Å². The second kappa shape index (κ2) is 7.23. The Labute approximate surface area is 132 Å². The van der Waals surface area contributed by atoms with Gasteiger partial charge in [-0.2, -0.15) is 11.3 Å². The van der Waals surface area contributed by atoms with Crippen molar-refractivity contribution in [1.29, 1.82) is 0 Å². The summed E-state index contributed by atoms with van der Waals surface area (Å²) in [6, 6.07) is 3.03. The molecule has 1 aliphatic carbocycles. The van der Waals surface area contributed by atoms with Crippen molar-refractivity contribution in [3.8, 4) is 0 Å². The molecule has 114 valence electrons. The van der Waals surface area contributed by atoms with E-state index in [0.717, 1.165) is 25.7 Å². The zero-order valence-corrected chi connectivity index (χ0v) is 13.8. The van der Waals surface area contributed by atoms with E-state index in [-0.39, 0.29) is 12.4 Å². The number of rotatable bonds is 6. The lowest BCUT2D eigenvalue weighted by atomic mass is 9.93. The van der Waals surface area contributed by atoms with E-state index in [1.807, 2.05) is 0 Å². The number of nitrogens with zero attached hydrogens (tertiary/aromatic N) is 1. The molecule has 3 nitrogen and oxygen atoms in total. The van der Waals surface area contributed by atoms with Crippen LogP contribution < -0.4 is 5.32 Å². The molecular formula is C15H25ClN2OS. The SMILES string of the molecule is COCCN(Cc1ccsc1)C1CC12CCNCC2.Cl. The Hall–Kier alpha value is -0.130. The third kappa shape index (κ3) is 3.55. The molecule has 3 rings (SSSR count). The molecule has 20 heavy (non-hydrogen) atoms. The van der Waals surface area contributed by atoms with Gasteiger partial charge in [-0.15, -0.1) is 12.4 Å². The van der Waals surface area contributed by atoms with Gasteiger partial charge in [0.25, 0.3) is 0 Å². The second-order valence-electron chi connectivity index (χ2n) is 5.93. The maximum Gasteiger partial charge on any atom is 0.0589 e. The molecule has 2 heterocycles. The van der Waals surface area contributed by atoms with Gasteiger partial charge in [-0.25, -0.2) is 0 Å². The minimum atomic E-state index is 0. The highest BCUT2D eigenvalue weighted by atomic mass is 35.5. The minimum absolute atomic E-state index is 0. The molecule has 1 saturated heterocycles. The Morgan fingerprint density at radius 3 is 2.90 bits per heavy atom. The summed E-state index contributed by atoms with van der Waals surface area (Å²) in [5, 5.41) is 7.94. The third-order valence-electron chi connectivity index (χ3n) is 4.74. The van der Waals surface area contributed by atoms with Gasteiger partial charge in [0.2, 0.25) is 0 Å². The first kappa shape index (κ1) is 16.2. The van der Waals surface area contributed by atoms with Crippen molar-refractivity contribution >= 4 is 23.7 Å². The van der Waals surface area contributed by atoms with Crippen molar-refractivity contribution in [2.45, 2.75) is 31.8 Å². The number of halogens is 1. The molecule has 1 aromatic heterocycles. The van der Waals surface area contributed by atoms with E-state index < -0.39 is 0 Å². The van der Waals surface area contributed by atoms with Gasteiger partial charge in [0.15, 0.2) is 0 Å². The van der Waals surface area contributed by atoms with Crippen LogP contribution >= 0.6 is 23.7 Å². The number of ether oxygens (including phenoxy) is 1. The predicted molar refractivity (Wildman–Crippen MR) is 86.8 cm³/mol. The normalized spacial score (nSPS) is 23.8. The van der Waals surface area contributed by atoms with Crippen LogP contribution in [-0.4, -0.2) is 44.3 Å². The standard InChI is InChI=1S/C15H24N2OS.ClH/c1-18-8-7-17(11-13-2-9-19-12-13)14-10-15(14)3-5-16-6-4-15;/h2,9,12,14,16H,3-8,10-11H2,1H3;1H. The maximum absolute atomic E-state index is 5.29. The summed E-state index contributed by atoms with van der Waals surface area (Å²) >= 11 is 1.80. The number of thiophene rings is 1. The Morgan fingerprint density at radius 2 is 2.25 bits per heavy atom. The summed E-state index contributed by atoms with van der Waals surface area (Å²) in [5.41, 5.74) is 2.08. The Kier molecular flexibility index (Phi) is 5.87. The van der Waals surface area contributed by atoms with Crippen LogP contribution in [0.2, 0.25) is 0 Å². The number of hydrogen-bond donors (Lipinski definition) is 1. The fourth-order valence-electron chi connectivity index (χ4n) is 3.48. The Bertz CT molecular complexity index is 393. The van der Waals surface area contributed by atoms with E-state index in [4.69, 9.17) is 4.74 Å². The number of methoxy groups -OCH3 is 1. The summed E-state index contributed by atoms with van der Waals surface area (Å²) in [4.78, 5) is 2.65. The molecule has 0 aromatic carbocycles. The van der Waals surface area contributed by atoms with E-state index in [1.54, 1.807) is 18.4 Å². The van der Waals surface area contributed by atoms with Gasteiger partial charge in [0, 0.05) is 26.2 Å². The lowest BCUT2D eigenvalue weighted by molar-refractivity contribution is 0.123. The van der Waals surface area contributed by atoms with E-state index in [9.17, 15) is 0 Å². The first-order chi connectivity index (χ1) is 9.34. The van der Waals surface area contributed by atoms with Crippen LogP contribution in [-0.2, 0) is 11.3 Å². The first-order valence-corrected chi connectivity index (χ1v) is 8.23. The largest absolute Gasteiger partial charge is 0.383 e. The number of hydrogen-bond acceptors (Lipinski definition) is 4. The minimum Gasteiger partial charge on any atom is -0.383 e. The summed E-state index contributed by atoms with van der Waals surface area (Å²) < 4.78 is 5.29. The van der Waals surface area contributed by atoms with Gasteiger partial charge in [0.05, 0.1) is 6.61 Å². The van der Waals surface area contributed by atoms with Crippen molar-refractivity contribution in [2.75, 3.05) is 33.4 Å². The summed E-state index contributed by atoms with van der Waals surface area (Å²) in [5.74, 6) is 0. The van der Waals surface area contributed by atoms with E-state index in [0.29, 0.717) is 5.41 Å². The fourth-order valence-corrected chi connectivity index (χ4v) is 4.14. The van der Waals surface area contributed by atoms with Gasteiger partial charge >= 0.3 is 0 Å².